The standard InChI is InChI=1S/C18H24N4O/c1-12-7-4-5-9-15(12)19-18(23)13(2)22(3)11-17-14-8-6-10-16(14)20-21-17/h4-5,7,9,13H,6,8,10-11H2,1-3H3,(H,19,23)(H,20,21)/t13-/m1/s1. The van der Waals surface area contributed by atoms with Crippen LogP contribution in [0.3, 0.4) is 0 Å². The maximum atomic E-state index is 12.5. The van der Waals surface area contributed by atoms with Crippen LogP contribution >= 0.6 is 0 Å². The number of aromatic amines is 1. The van der Waals surface area contributed by atoms with E-state index in [0.29, 0.717) is 6.54 Å². The van der Waals surface area contributed by atoms with Crippen molar-refractivity contribution >= 4 is 11.6 Å². The van der Waals surface area contributed by atoms with Crippen LogP contribution in [0.1, 0.15) is 35.9 Å². The highest BCUT2D eigenvalue weighted by molar-refractivity contribution is 5.95. The minimum absolute atomic E-state index is 0.00832. The Hall–Kier alpha value is -2.14. The number of aromatic nitrogens is 2. The molecule has 0 radical (unpaired) electrons. The van der Waals surface area contributed by atoms with Gasteiger partial charge >= 0.3 is 0 Å². The van der Waals surface area contributed by atoms with Crippen molar-refractivity contribution < 1.29 is 4.79 Å². The second-order valence-corrected chi connectivity index (χ2v) is 6.38. The number of aryl methyl sites for hydroxylation is 2. The molecule has 0 saturated heterocycles. The van der Waals surface area contributed by atoms with E-state index in [9.17, 15) is 4.79 Å². The fraction of sp³-hybridized carbons (Fsp3) is 0.444. The molecule has 23 heavy (non-hydrogen) atoms. The maximum absolute atomic E-state index is 12.5. The van der Waals surface area contributed by atoms with Gasteiger partial charge in [-0.2, -0.15) is 5.10 Å². The van der Waals surface area contributed by atoms with Gasteiger partial charge in [0.15, 0.2) is 0 Å². The molecule has 1 atom stereocenters. The molecule has 2 aromatic rings. The summed E-state index contributed by atoms with van der Waals surface area (Å²) in [4.78, 5) is 14.5. The quantitative estimate of drug-likeness (QED) is 0.892. The lowest BCUT2D eigenvalue weighted by Crippen LogP contribution is -2.39. The lowest BCUT2D eigenvalue weighted by Gasteiger charge is -2.23. The van der Waals surface area contributed by atoms with Crippen molar-refractivity contribution in [3.63, 3.8) is 0 Å². The van der Waals surface area contributed by atoms with Crippen LogP contribution in [0.4, 0.5) is 5.69 Å². The van der Waals surface area contributed by atoms with E-state index in [4.69, 9.17) is 0 Å². The van der Waals surface area contributed by atoms with Crippen molar-refractivity contribution in [1.82, 2.24) is 15.1 Å². The van der Waals surface area contributed by atoms with Gasteiger partial charge < -0.3 is 5.32 Å². The van der Waals surface area contributed by atoms with Crippen LogP contribution in [0, 0.1) is 6.92 Å². The number of benzene rings is 1. The third-order valence-electron chi connectivity index (χ3n) is 4.73. The SMILES string of the molecule is Cc1ccccc1NC(=O)[C@@H](C)N(C)Cc1n[nH]c2c1CCC2. The molecular formula is C18H24N4O. The van der Waals surface area contributed by atoms with Gasteiger partial charge in [-0.3, -0.25) is 14.8 Å². The molecule has 1 aromatic carbocycles. The largest absolute Gasteiger partial charge is 0.324 e. The number of amides is 1. The molecule has 5 heteroatoms. The Balaban J connectivity index is 1.63. The molecule has 0 fully saturated rings. The Morgan fingerprint density at radius 3 is 2.96 bits per heavy atom. The minimum Gasteiger partial charge on any atom is -0.324 e. The predicted molar refractivity (Wildman–Crippen MR) is 91.4 cm³/mol. The number of H-pyrrole nitrogens is 1. The molecule has 1 aromatic heterocycles. The van der Waals surface area contributed by atoms with Crippen LogP contribution < -0.4 is 5.32 Å². The summed E-state index contributed by atoms with van der Waals surface area (Å²) >= 11 is 0. The van der Waals surface area contributed by atoms with E-state index >= 15 is 0 Å². The first kappa shape index (κ1) is 15.7. The van der Waals surface area contributed by atoms with Crippen molar-refractivity contribution in [2.24, 2.45) is 0 Å². The summed E-state index contributed by atoms with van der Waals surface area (Å²) in [6.07, 6.45) is 3.39. The number of rotatable bonds is 5. The van der Waals surface area contributed by atoms with Gasteiger partial charge in [-0.15, -0.1) is 0 Å². The van der Waals surface area contributed by atoms with Gasteiger partial charge in [0, 0.05) is 17.9 Å². The first-order valence-corrected chi connectivity index (χ1v) is 8.18. The normalized spacial score (nSPS) is 14.8. The highest BCUT2D eigenvalue weighted by Gasteiger charge is 2.23. The highest BCUT2D eigenvalue weighted by Crippen LogP contribution is 2.24. The average molecular weight is 312 g/mol. The smallest absolute Gasteiger partial charge is 0.241 e. The third kappa shape index (κ3) is 3.29. The van der Waals surface area contributed by atoms with Crippen LogP contribution in [-0.2, 0) is 24.2 Å². The average Bonchev–Trinajstić information content (AvgIpc) is 3.13. The molecule has 1 heterocycles. The predicted octanol–water partition coefficient (Wildman–Crippen LogP) is 2.67. The second kappa shape index (κ2) is 6.54. The molecule has 3 rings (SSSR count). The van der Waals surface area contributed by atoms with E-state index in [1.807, 2.05) is 50.1 Å². The molecule has 0 spiro atoms. The zero-order valence-electron chi connectivity index (χ0n) is 14.0. The van der Waals surface area contributed by atoms with E-state index in [-0.39, 0.29) is 11.9 Å². The fourth-order valence-corrected chi connectivity index (χ4v) is 3.04. The van der Waals surface area contributed by atoms with Crippen LogP contribution in [0.2, 0.25) is 0 Å². The Morgan fingerprint density at radius 1 is 1.39 bits per heavy atom. The number of carbonyl (C=O) groups is 1. The number of carbonyl (C=O) groups excluding carboxylic acids is 1. The Bertz CT molecular complexity index is 707. The van der Waals surface area contributed by atoms with E-state index in [1.54, 1.807) is 0 Å². The Kier molecular flexibility index (Phi) is 4.48. The summed E-state index contributed by atoms with van der Waals surface area (Å²) in [7, 11) is 1.97. The van der Waals surface area contributed by atoms with Crippen molar-refractivity contribution in [3.8, 4) is 0 Å². The molecule has 0 unspecified atom stereocenters. The molecule has 5 nitrogen and oxygen atoms in total. The summed E-state index contributed by atoms with van der Waals surface area (Å²) in [6.45, 7) is 4.62. The Labute approximate surface area is 137 Å². The number of hydrogen-bond acceptors (Lipinski definition) is 3. The molecule has 1 amide bonds. The van der Waals surface area contributed by atoms with E-state index < -0.39 is 0 Å². The van der Waals surface area contributed by atoms with Gasteiger partial charge in [0.1, 0.15) is 0 Å². The van der Waals surface area contributed by atoms with Crippen LogP contribution in [0.5, 0.6) is 0 Å². The lowest BCUT2D eigenvalue weighted by molar-refractivity contribution is -0.120. The second-order valence-electron chi connectivity index (χ2n) is 6.38. The Morgan fingerprint density at radius 2 is 2.17 bits per heavy atom. The number of hydrogen-bond donors (Lipinski definition) is 2. The van der Waals surface area contributed by atoms with Gasteiger partial charge in [-0.05, 0) is 57.4 Å². The minimum atomic E-state index is -0.219. The van der Waals surface area contributed by atoms with Crippen molar-refractivity contribution in [2.45, 2.75) is 45.7 Å². The molecule has 0 bridgehead atoms. The summed E-state index contributed by atoms with van der Waals surface area (Å²) < 4.78 is 0. The number of fused-ring (bicyclic) bond motifs is 1. The molecule has 1 aliphatic carbocycles. The lowest BCUT2D eigenvalue weighted by atomic mass is 10.1. The van der Waals surface area contributed by atoms with Crippen molar-refractivity contribution in [1.29, 1.82) is 0 Å². The van der Waals surface area contributed by atoms with Crippen molar-refractivity contribution in [2.75, 3.05) is 12.4 Å². The molecule has 2 N–H and O–H groups in total. The van der Waals surface area contributed by atoms with Gasteiger partial charge in [0.2, 0.25) is 5.91 Å². The number of likely N-dealkylation sites (N-methyl/N-ethyl adjacent to an activating group) is 1. The number of nitrogens with one attached hydrogen (secondary N) is 2. The highest BCUT2D eigenvalue weighted by atomic mass is 16.2. The zero-order valence-corrected chi connectivity index (χ0v) is 14.0. The van der Waals surface area contributed by atoms with Gasteiger partial charge in [-0.25, -0.2) is 0 Å². The van der Waals surface area contributed by atoms with Crippen LogP contribution in [0.25, 0.3) is 0 Å². The number of para-hydroxylation sites is 1. The van der Waals surface area contributed by atoms with Gasteiger partial charge in [0.25, 0.3) is 0 Å². The van der Waals surface area contributed by atoms with E-state index in [1.165, 1.54) is 17.7 Å². The summed E-state index contributed by atoms with van der Waals surface area (Å²) in [6, 6.07) is 7.61. The summed E-state index contributed by atoms with van der Waals surface area (Å²) in [5, 5.41) is 10.6. The summed E-state index contributed by atoms with van der Waals surface area (Å²) in [5.74, 6) is 0.00832. The first-order chi connectivity index (χ1) is 11.1. The zero-order chi connectivity index (χ0) is 16.4. The number of nitrogens with zero attached hydrogens (tertiary/aromatic N) is 2. The molecular weight excluding hydrogens is 288 g/mol. The molecule has 1 aliphatic rings. The molecule has 0 saturated carbocycles. The molecule has 122 valence electrons. The van der Waals surface area contributed by atoms with Gasteiger partial charge in [0.05, 0.1) is 11.7 Å². The van der Waals surface area contributed by atoms with Crippen molar-refractivity contribution in [3.05, 3.63) is 46.8 Å². The number of anilines is 1. The van der Waals surface area contributed by atoms with E-state index in [0.717, 1.165) is 29.8 Å². The third-order valence-corrected chi connectivity index (χ3v) is 4.73. The topological polar surface area (TPSA) is 61.0 Å². The van der Waals surface area contributed by atoms with Crippen LogP contribution in [-0.4, -0.2) is 34.1 Å². The van der Waals surface area contributed by atoms with Crippen LogP contribution in [0.15, 0.2) is 24.3 Å². The summed E-state index contributed by atoms with van der Waals surface area (Å²) in [5.41, 5.74) is 5.64. The maximum Gasteiger partial charge on any atom is 0.241 e. The monoisotopic (exact) mass is 312 g/mol. The first-order valence-electron chi connectivity index (χ1n) is 8.18. The molecule has 0 aliphatic heterocycles. The van der Waals surface area contributed by atoms with Gasteiger partial charge in [-0.1, -0.05) is 18.2 Å². The fourth-order valence-electron chi connectivity index (χ4n) is 3.04. The van der Waals surface area contributed by atoms with E-state index in [2.05, 4.69) is 15.5 Å².